The van der Waals surface area contributed by atoms with Gasteiger partial charge in [0.05, 0.1) is 11.1 Å². The van der Waals surface area contributed by atoms with Crippen LogP contribution in [0.1, 0.15) is 5.69 Å². The minimum absolute atomic E-state index is 0.308. The molecule has 2 amide bonds. The second kappa shape index (κ2) is 3.03. The minimum atomic E-state index is -0.401. The fourth-order valence-corrected chi connectivity index (χ4v) is 1.76. The van der Waals surface area contributed by atoms with E-state index in [1.165, 1.54) is 6.08 Å². The summed E-state index contributed by atoms with van der Waals surface area (Å²) >= 11 is 0. The van der Waals surface area contributed by atoms with Crippen molar-refractivity contribution in [1.82, 2.24) is 15.5 Å². The lowest BCUT2D eigenvalue weighted by atomic mass is 10.1. The Morgan fingerprint density at radius 1 is 1.12 bits per heavy atom. The quantitative estimate of drug-likeness (QED) is 0.681. The third kappa shape index (κ3) is 1.15. The molecule has 2 N–H and O–H groups in total. The average molecular weight is 213 g/mol. The highest BCUT2D eigenvalue weighted by atomic mass is 16.2. The molecule has 78 valence electrons. The van der Waals surface area contributed by atoms with Gasteiger partial charge >= 0.3 is 0 Å². The predicted molar refractivity (Wildman–Crippen MR) is 57.2 cm³/mol. The zero-order chi connectivity index (χ0) is 11.1. The first-order valence-corrected chi connectivity index (χ1v) is 4.76. The fraction of sp³-hybridized carbons (Fsp3) is 0. The second-order valence-corrected chi connectivity index (χ2v) is 3.49. The Morgan fingerprint density at radius 3 is 2.69 bits per heavy atom. The van der Waals surface area contributed by atoms with E-state index in [-0.39, 0.29) is 0 Å². The third-order valence-electron chi connectivity index (χ3n) is 2.48. The summed E-state index contributed by atoms with van der Waals surface area (Å²) in [7, 11) is 0. The predicted octanol–water partition coefficient (Wildman–Crippen LogP) is 0.603. The molecule has 2 aromatic rings. The van der Waals surface area contributed by atoms with Crippen LogP contribution in [-0.4, -0.2) is 22.0 Å². The van der Waals surface area contributed by atoms with Crippen molar-refractivity contribution < 1.29 is 9.59 Å². The van der Waals surface area contributed by atoms with Crippen molar-refractivity contribution in [2.24, 2.45) is 0 Å². The van der Waals surface area contributed by atoms with Crippen molar-refractivity contribution in [3.05, 3.63) is 36.0 Å². The van der Waals surface area contributed by atoms with E-state index < -0.39 is 11.8 Å². The van der Waals surface area contributed by atoms with Crippen molar-refractivity contribution in [3.63, 3.8) is 0 Å². The molecule has 16 heavy (non-hydrogen) atoms. The zero-order valence-corrected chi connectivity index (χ0v) is 8.15. The number of para-hydroxylation sites is 1. The highest BCUT2D eigenvalue weighted by molar-refractivity contribution is 6.34. The van der Waals surface area contributed by atoms with Crippen LogP contribution in [0.5, 0.6) is 0 Å². The number of benzene rings is 1. The molecule has 0 spiro atoms. The summed E-state index contributed by atoms with van der Waals surface area (Å²) in [5.41, 5.74) is 1.66. The van der Waals surface area contributed by atoms with Crippen LogP contribution >= 0.6 is 0 Å². The van der Waals surface area contributed by atoms with Crippen LogP contribution in [0.3, 0.4) is 0 Å². The Morgan fingerprint density at radius 2 is 1.94 bits per heavy atom. The Kier molecular flexibility index (Phi) is 1.67. The number of imide groups is 1. The Hall–Kier alpha value is -2.43. The number of H-pyrrole nitrogens is 1. The molecule has 0 radical (unpaired) electrons. The molecule has 1 aliphatic rings. The summed E-state index contributed by atoms with van der Waals surface area (Å²) in [5, 5.41) is 9.90. The molecule has 5 heteroatoms. The number of carbonyl (C=O) groups is 2. The zero-order valence-electron chi connectivity index (χ0n) is 8.15. The van der Waals surface area contributed by atoms with Crippen molar-refractivity contribution >= 4 is 28.3 Å². The normalized spacial score (nSPS) is 15.4. The molecule has 3 rings (SSSR count). The number of rotatable bonds is 1. The summed E-state index contributed by atoms with van der Waals surface area (Å²) in [6.45, 7) is 0. The molecular formula is C11H7N3O2. The monoisotopic (exact) mass is 213 g/mol. The van der Waals surface area contributed by atoms with Gasteiger partial charge in [0.15, 0.2) is 0 Å². The Labute approximate surface area is 90.1 Å². The lowest BCUT2D eigenvalue weighted by Gasteiger charge is -1.95. The van der Waals surface area contributed by atoms with E-state index in [4.69, 9.17) is 0 Å². The van der Waals surface area contributed by atoms with E-state index in [1.54, 1.807) is 0 Å². The lowest BCUT2D eigenvalue weighted by molar-refractivity contribution is -0.123. The number of hydrogen-bond donors (Lipinski definition) is 2. The van der Waals surface area contributed by atoms with Crippen LogP contribution in [0.15, 0.2) is 30.3 Å². The van der Waals surface area contributed by atoms with Gasteiger partial charge in [-0.25, -0.2) is 0 Å². The van der Waals surface area contributed by atoms with Crippen LogP contribution in [0.4, 0.5) is 0 Å². The van der Waals surface area contributed by atoms with Crippen molar-refractivity contribution in [3.8, 4) is 0 Å². The fourth-order valence-electron chi connectivity index (χ4n) is 1.76. The van der Waals surface area contributed by atoms with E-state index in [9.17, 15) is 9.59 Å². The van der Waals surface area contributed by atoms with Gasteiger partial charge in [-0.3, -0.25) is 20.0 Å². The van der Waals surface area contributed by atoms with Gasteiger partial charge in [-0.1, -0.05) is 18.2 Å². The molecule has 2 heterocycles. The minimum Gasteiger partial charge on any atom is -0.289 e. The van der Waals surface area contributed by atoms with E-state index in [1.807, 2.05) is 24.3 Å². The number of amides is 2. The first-order chi connectivity index (χ1) is 7.75. The van der Waals surface area contributed by atoms with Crippen LogP contribution in [0, 0.1) is 0 Å². The van der Waals surface area contributed by atoms with Gasteiger partial charge in [0, 0.05) is 11.5 Å². The van der Waals surface area contributed by atoms with Crippen molar-refractivity contribution in [2.45, 2.75) is 0 Å². The van der Waals surface area contributed by atoms with E-state index in [0.717, 1.165) is 10.9 Å². The third-order valence-corrected chi connectivity index (χ3v) is 2.48. The van der Waals surface area contributed by atoms with Crippen molar-refractivity contribution in [2.75, 3.05) is 0 Å². The average Bonchev–Trinajstić information content (AvgIpc) is 2.81. The molecule has 5 nitrogen and oxygen atoms in total. The molecule has 0 aliphatic carbocycles. The highest BCUT2D eigenvalue weighted by Gasteiger charge is 2.25. The van der Waals surface area contributed by atoms with E-state index in [0.29, 0.717) is 11.3 Å². The van der Waals surface area contributed by atoms with Crippen LogP contribution in [-0.2, 0) is 9.59 Å². The van der Waals surface area contributed by atoms with Gasteiger partial charge in [-0.2, -0.15) is 5.10 Å². The number of carbonyl (C=O) groups excluding carboxylic acids is 2. The molecule has 0 saturated carbocycles. The molecule has 1 aliphatic heterocycles. The molecule has 1 aromatic heterocycles. The maximum Gasteiger partial charge on any atom is 0.260 e. The maximum atomic E-state index is 11.5. The number of nitrogens with one attached hydrogen (secondary N) is 2. The number of nitrogens with zero attached hydrogens (tertiary/aromatic N) is 1. The standard InChI is InChI=1S/C11H7N3O2/c15-9-5-7(11(16)12-9)10-6-3-1-2-4-8(6)13-14-10/h1-5H,(H,13,14)(H,12,15,16). The maximum absolute atomic E-state index is 11.5. The van der Waals surface area contributed by atoms with Crippen LogP contribution < -0.4 is 5.32 Å². The van der Waals surface area contributed by atoms with Crippen LogP contribution in [0.2, 0.25) is 0 Å². The lowest BCUT2D eigenvalue weighted by Crippen LogP contribution is -2.21. The molecule has 0 unspecified atom stereocenters. The summed E-state index contributed by atoms with van der Waals surface area (Å²) < 4.78 is 0. The van der Waals surface area contributed by atoms with Crippen molar-refractivity contribution in [1.29, 1.82) is 0 Å². The van der Waals surface area contributed by atoms with E-state index >= 15 is 0 Å². The van der Waals surface area contributed by atoms with Crippen LogP contribution in [0.25, 0.3) is 16.5 Å². The number of hydrogen-bond acceptors (Lipinski definition) is 3. The van der Waals surface area contributed by atoms with Gasteiger partial charge < -0.3 is 0 Å². The summed E-state index contributed by atoms with van der Waals surface area (Å²) in [4.78, 5) is 22.5. The molecule has 0 atom stereocenters. The molecule has 0 bridgehead atoms. The van der Waals surface area contributed by atoms with Gasteiger partial charge in [0.25, 0.3) is 11.8 Å². The molecule has 0 saturated heterocycles. The summed E-state index contributed by atoms with van der Waals surface area (Å²) in [5.74, 6) is -0.797. The second-order valence-electron chi connectivity index (χ2n) is 3.49. The van der Waals surface area contributed by atoms with Gasteiger partial charge in [0.2, 0.25) is 0 Å². The molecular weight excluding hydrogens is 206 g/mol. The summed E-state index contributed by atoms with van der Waals surface area (Å²) in [6, 6.07) is 7.45. The highest BCUT2D eigenvalue weighted by Crippen LogP contribution is 2.24. The SMILES string of the molecule is O=C1C=C(c2n[nH]c3ccccc23)C(=O)N1. The smallest absolute Gasteiger partial charge is 0.260 e. The van der Waals surface area contributed by atoms with Gasteiger partial charge in [-0.15, -0.1) is 0 Å². The van der Waals surface area contributed by atoms with Gasteiger partial charge in [0.1, 0.15) is 5.69 Å². The first-order valence-electron chi connectivity index (χ1n) is 4.76. The van der Waals surface area contributed by atoms with E-state index in [2.05, 4.69) is 15.5 Å². The topological polar surface area (TPSA) is 74.8 Å². The Balaban J connectivity index is 2.24. The molecule has 0 fully saturated rings. The number of aromatic amines is 1. The molecule has 1 aromatic carbocycles. The first kappa shape index (κ1) is 8.84. The summed E-state index contributed by atoms with van der Waals surface area (Å²) in [6.07, 6.45) is 1.27. The number of aromatic nitrogens is 2. The number of fused-ring (bicyclic) bond motifs is 1. The van der Waals surface area contributed by atoms with Gasteiger partial charge in [-0.05, 0) is 6.07 Å². The Bertz CT molecular complexity index is 639. The largest absolute Gasteiger partial charge is 0.289 e.